The molecule has 0 amide bonds. The molecule has 3 fully saturated rings. The van der Waals surface area contributed by atoms with Crippen molar-refractivity contribution in [2.75, 3.05) is 0 Å². The van der Waals surface area contributed by atoms with Crippen LogP contribution in [0.25, 0.3) is 0 Å². The Hall–Kier alpha value is -0.900. The zero-order chi connectivity index (χ0) is 24.9. The van der Waals surface area contributed by atoms with Crippen LogP contribution in [-0.4, -0.2) is 33.1 Å². The van der Waals surface area contributed by atoms with Gasteiger partial charge >= 0.3 is 0 Å². The standard InChI is InChI=1S/C31H50O3/c1-7-21(10-8-9-16-29(3,4)34)20(2)25-13-14-26-24-12-11-22-18-23(32)19-28(33)31(22,6)27(24)15-17-30(25,26)5/h8,10-12,20-21,23,25-28,32-34H,7,9,13-19H2,1-6H3/b10-8+/t20-,21+,23+,25+,26-,27-,28-,30+,31-/m0/s1. The summed E-state index contributed by atoms with van der Waals surface area (Å²) < 4.78 is 0. The second-order valence-electron chi connectivity index (χ2n) is 13.3. The fourth-order valence-corrected chi connectivity index (χ4v) is 8.64. The fraction of sp³-hybridized carbons (Fsp3) is 0.806. The normalized spacial score (nSPS) is 41.9. The molecule has 34 heavy (non-hydrogen) atoms. The lowest BCUT2D eigenvalue weighted by atomic mass is 9.49. The summed E-state index contributed by atoms with van der Waals surface area (Å²) in [6, 6.07) is 0. The molecular weight excluding hydrogens is 420 g/mol. The van der Waals surface area contributed by atoms with E-state index in [9.17, 15) is 15.3 Å². The second kappa shape index (κ2) is 9.52. The molecule has 0 aliphatic heterocycles. The van der Waals surface area contributed by atoms with Crippen LogP contribution < -0.4 is 0 Å². The number of allylic oxidation sites excluding steroid dienone is 5. The molecule has 0 aromatic carbocycles. The number of aliphatic hydroxyl groups excluding tert-OH is 2. The van der Waals surface area contributed by atoms with Gasteiger partial charge in [0.2, 0.25) is 0 Å². The van der Waals surface area contributed by atoms with E-state index in [1.807, 2.05) is 13.8 Å². The molecular formula is C31H50O3. The van der Waals surface area contributed by atoms with Crippen molar-refractivity contribution in [2.24, 2.45) is 40.4 Å². The van der Waals surface area contributed by atoms with Gasteiger partial charge in [0.05, 0.1) is 17.8 Å². The van der Waals surface area contributed by atoms with Crippen LogP contribution in [-0.2, 0) is 0 Å². The summed E-state index contributed by atoms with van der Waals surface area (Å²) in [6.45, 7) is 13.4. The summed E-state index contributed by atoms with van der Waals surface area (Å²) in [4.78, 5) is 0. The minimum atomic E-state index is -0.592. The molecule has 192 valence electrons. The second-order valence-corrected chi connectivity index (χ2v) is 13.3. The molecule has 3 N–H and O–H groups in total. The summed E-state index contributed by atoms with van der Waals surface area (Å²) in [5.41, 5.74) is 2.39. The number of aliphatic hydroxyl groups is 3. The molecule has 0 aromatic heterocycles. The van der Waals surface area contributed by atoms with Crippen LogP contribution in [0.15, 0.2) is 35.5 Å². The average molecular weight is 471 g/mol. The highest BCUT2D eigenvalue weighted by molar-refractivity contribution is 5.40. The fourth-order valence-electron chi connectivity index (χ4n) is 8.64. The van der Waals surface area contributed by atoms with Gasteiger partial charge in [-0.2, -0.15) is 0 Å². The van der Waals surface area contributed by atoms with Gasteiger partial charge in [-0.15, -0.1) is 0 Å². The first-order valence-electron chi connectivity index (χ1n) is 14.1. The molecule has 0 radical (unpaired) electrons. The smallest absolute Gasteiger partial charge is 0.0661 e. The Morgan fingerprint density at radius 2 is 1.85 bits per heavy atom. The van der Waals surface area contributed by atoms with E-state index in [1.165, 1.54) is 31.3 Å². The number of fused-ring (bicyclic) bond motifs is 5. The molecule has 3 saturated carbocycles. The molecule has 4 rings (SSSR count). The van der Waals surface area contributed by atoms with E-state index in [1.54, 1.807) is 5.57 Å². The maximum absolute atomic E-state index is 11.1. The number of hydrogen-bond acceptors (Lipinski definition) is 3. The monoisotopic (exact) mass is 470 g/mol. The molecule has 9 atom stereocenters. The van der Waals surface area contributed by atoms with Crippen LogP contribution in [0.3, 0.4) is 0 Å². The molecule has 0 bridgehead atoms. The van der Waals surface area contributed by atoms with Gasteiger partial charge < -0.3 is 15.3 Å². The highest BCUT2D eigenvalue weighted by Crippen LogP contribution is 2.66. The van der Waals surface area contributed by atoms with Crippen molar-refractivity contribution < 1.29 is 15.3 Å². The lowest BCUT2D eigenvalue weighted by Crippen LogP contribution is -2.52. The van der Waals surface area contributed by atoms with Gasteiger partial charge in [0.15, 0.2) is 0 Å². The summed E-state index contributed by atoms with van der Waals surface area (Å²) in [6.07, 6.45) is 17.7. The van der Waals surface area contributed by atoms with Gasteiger partial charge in [-0.05, 0) is 100 Å². The Labute approximate surface area is 208 Å². The number of rotatable bonds is 7. The lowest BCUT2D eigenvalue weighted by Gasteiger charge is -2.56. The minimum absolute atomic E-state index is 0.205. The van der Waals surface area contributed by atoms with E-state index < -0.39 is 17.8 Å². The third-order valence-corrected chi connectivity index (χ3v) is 10.8. The maximum Gasteiger partial charge on any atom is 0.0661 e. The molecule has 4 aliphatic carbocycles. The Morgan fingerprint density at radius 3 is 2.53 bits per heavy atom. The van der Waals surface area contributed by atoms with Crippen molar-refractivity contribution in [2.45, 2.75) is 117 Å². The Bertz CT molecular complexity index is 832. The third-order valence-electron chi connectivity index (χ3n) is 10.8. The van der Waals surface area contributed by atoms with Crippen LogP contribution in [0.2, 0.25) is 0 Å². The molecule has 3 nitrogen and oxygen atoms in total. The van der Waals surface area contributed by atoms with Crippen molar-refractivity contribution in [1.82, 2.24) is 0 Å². The predicted molar refractivity (Wildman–Crippen MR) is 140 cm³/mol. The lowest BCUT2D eigenvalue weighted by molar-refractivity contribution is -0.0550. The summed E-state index contributed by atoms with van der Waals surface area (Å²) in [5.74, 6) is 3.00. The number of hydrogen-bond donors (Lipinski definition) is 3. The molecule has 3 heteroatoms. The van der Waals surface area contributed by atoms with Crippen LogP contribution in [0.5, 0.6) is 0 Å². The molecule has 0 saturated heterocycles. The summed E-state index contributed by atoms with van der Waals surface area (Å²) in [7, 11) is 0. The summed E-state index contributed by atoms with van der Waals surface area (Å²) in [5, 5.41) is 31.4. The molecule has 0 heterocycles. The highest BCUT2D eigenvalue weighted by atomic mass is 16.3. The van der Waals surface area contributed by atoms with Crippen LogP contribution in [0, 0.1) is 40.4 Å². The van der Waals surface area contributed by atoms with Crippen molar-refractivity contribution in [3.05, 3.63) is 35.5 Å². The van der Waals surface area contributed by atoms with Crippen molar-refractivity contribution in [3.63, 3.8) is 0 Å². The van der Waals surface area contributed by atoms with Gasteiger partial charge in [0, 0.05) is 11.8 Å². The van der Waals surface area contributed by atoms with Gasteiger partial charge in [-0.3, -0.25) is 0 Å². The van der Waals surface area contributed by atoms with E-state index in [-0.39, 0.29) is 5.41 Å². The van der Waals surface area contributed by atoms with E-state index in [0.29, 0.717) is 41.9 Å². The molecule has 0 aromatic rings. The van der Waals surface area contributed by atoms with E-state index in [2.05, 4.69) is 52.0 Å². The minimum Gasteiger partial charge on any atom is -0.393 e. The van der Waals surface area contributed by atoms with Gasteiger partial charge in [0.25, 0.3) is 0 Å². The topological polar surface area (TPSA) is 60.7 Å². The Morgan fingerprint density at radius 1 is 1.12 bits per heavy atom. The van der Waals surface area contributed by atoms with Crippen molar-refractivity contribution in [1.29, 1.82) is 0 Å². The molecule has 0 unspecified atom stereocenters. The SMILES string of the molecule is CC[C@H](/C=C/CCC(C)(C)O)[C@H](C)[C@H]1CC[C@H]2C3=CC=C4C[C@@H](O)C[C@H](O)[C@]4(C)[C@H]3CC[C@]12C. The van der Waals surface area contributed by atoms with Crippen molar-refractivity contribution in [3.8, 4) is 0 Å². The van der Waals surface area contributed by atoms with Crippen molar-refractivity contribution >= 4 is 0 Å². The third kappa shape index (κ3) is 4.50. The van der Waals surface area contributed by atoms with E-state index >= 15 is 0 Å². The average Bonchev–Trinajstić information content (AvgIpc) is 3.11. The maximum atomic E-state index is 11.1. The zero-order valence-electron chi connectivity index (χ0n) is 22.6. The van der Waals surface area contributed by atoms with Crippen LogP contribution in [0.4, 0.5) is 0 Å². The zero-order valence-corrected chi connectivity index (χ0v) is 22.6. The van der Waals surface area contributed by atoms with Gasteiger partial charge in [-0.1, -0.05) is 63.1 Å². The van der Waals surface area contributed by atoms with Crippen LogP contribution >= 0.6 is 0 Å². The first-order valence-corrected chi connectivity index (χ1v) is 14.1. The largest absolute Gasteiger partial charge is 0.393 e. The van der Waals surface area contributed by atoms with E-state index in [4.69, 9.17) is 0 Å². The Balaban J connectivity index is 1.53. The summed E-state index contributed by atoms with van der Waals surface area (Å²) >= 11 is 0. The predicted octanol–water partition coefficient (Wildman–Crippen LogP) is 6.59. The molecule has 0 spiro atoms. The quantitative estimate of drug-likeness (QED) is 0.368. The first-order chi connectivity index (χ1) is 15.9. The van der Waals surface area contributed by atoms with E-state index in [0.717, 1.165) is 25.2 Å². The first kappa shape index (κ1) is 26.2. The van der Waals surface area contributed by atoms with Crippen LogP contribution in [0.1, 0.15) is 99.3 Å². The Kier molecular flexibility index (Phi) is 7.33. The van der Waals surface area contributed by atoms with Gasteiger partial charge in [0.1, 0.15) is 0 Å². The molecule has 4 aliphatic rings. The highest BCUT2D eigenvalue weighted by Gasteiger charge is 2.59. The van der Waals surface area contributed by atoms with Gasteiger partial charge in [-0.25, -0.2) is 0 Å².